The highest BCUT2D eigenvalue weighted by Crippen LogP contribution is 2.24. The molecule has 0 bridgehead atoms. The molecule has 1 aromatic carbocycles. The molecule has 3 heteroatoms. The molecule has 0 aliphatic rings. The summed E-state index contributed by atoms with van der Waals surface area (Å²) in [5, 5.41) is 7.80. The van der Waals surface area contributed by atoms with Crippen molar-refractivity contribution >= 4 is 5.71 Å². The average molecular weight is 291 g/mol. The summed E-state index contributed by atoms with van der Waals surface area (Å²) in [6.45, 7) is 7.60. The van der Waals surface area contributed by atoms with Gasteiger partial charge in [-0.1, -0.05) is 39.5 Å². The number of unbranched alkanes of at least 4 members (excludes halogenated alkanes) is 4. The first-order valence-corrected chi connectivity index (χ1v) is 8.13. The number of benzene rings is 1. The molecule has 0 aliphatic carbocycles. The maximum absolute atomic E-state index is 7.80. The van der Waals surface area contributed by atoms with Crippen LogP contribution in [0.15, 0.2) is 18.2 Å². The Morgan fingerprint density at radius 3 is 1.71 bits per heavy atom. The highest BCUT2D eigenvalue weighted by molar-refractivity contribution is 5.97. The second-order valence-corrected chi connectivity index (χ2v) is 5.43. The monoisotopic (exact) mass is 291 g/mol. The number of hydrogen-bond acceptors (Lipinski definition) is 3. The third-order valence-corrected chi connectivity index (χ3v) is 3.35. The minimum Gasteiger partial charge on any atom is -0.493 e. The van der Waals surface area contributed by atoms with Crippen molar-refractivity contribution in [3.05, 3.63) is 23.8 Å². The van der Waals surface area contributed by atoms with Crippen LogP contribution in [0.25, 0.3) is 0 Å². The molecule has 3 nitrogen and oxygen atoms in total. The Labute approximate surface area is 129 Å². The van der Waals surface area contributed by atoms with E-state index in [-0.39, 0.29) is 0 Å². The van der Waals surface area contributed by atoms with Crippen LogP contribution in [0.1, 0.15) is 64.9 Å². The largest absolute Gasteiger partial charge is 0.493 e. The van der Waals surface area contributed by atoms with Crippen molar-refractivity contribution in [1.82, 2.24) is 0 Å². The minimum absolute atomic E-state index is 0.535. The van der Waals surface area contributed by atoms with E-state index in [4.69, 9.17) is 14.9 Å². The van der Waals surface area contributed by atoms with Gasteiger partial charge < -0.3 is 14.9 Å². The molecule has 0 saturated carbocycles. The van der Waals surface area contributed by atoms with Crippen LogP contribution in [0.3, 0.4) is 0 Å². The Morgan fingerprint density at radius 1 is 0.857 bits per heavy atom. The van der Waals surface area contributed by atoms with Crippen molar-refractivity contribution < 1.29 is 9.47 Å². The van der Waals surface area contributed by atoms with Crippen LogP contribution in [0.5, 0.6) is 11.5 Å². The van der Waals surface area contributed by atoms with E-state index in [1.54, 1.807) is 6.92 Å². The molecule has 1 N–H and O–H groups in total. The number of rotatable bonds is 11. The van der Waals surface area contributed by atoms with Crippen LogP contribution in [0, 0.1) is 5.41 Å². The molecule has 118 valence electrons. The predicted molar refractivity (Wildman–Crippen MR) is 89.0 cm³/mol. The molecule has 0 aromatic heterocycles. The zero-order valence-electron chi connectivity index (χ0n) is 13.7. The lowest BCUT2D eigenvalue weighted by molar-refractivity contribution is 0.291. The summed E-state index contributed by atoms with van der Waals surface area (Å²) >= 11 is 0. The van der Waals surface area contributed by atoms with E-state index in [0.29, 0.717) is 5.71 Å². The molecule has 0 unspecified atom stereocenters. The highest BCUT2D eigenvalue weighted by atomic mass is 16.5. The summed E-state index contributed by atoms with van der Waals surface area (Å²) in [5.41, 5.74) is 1.40. The van der Waals surface area contributed by atoms with Crippen LogP contribution in [-0.4, -0.2) is 18.9 Å². The van der Waals surface area contributed by atoms with Gasteiger partial charge in [-0.15, -0.1) is 0 Å². The Bertz CT molecular complexity index is 399. The molecule has 0 fully saturated rings. The first kappa shape index (κ1) is 17.5. The number of hydrogen-bond donors (Lipinski definition) is 1. The fourth-order valence-corrected chi connectivity index (χ4v) is 2.04. The fraction of sp³-hybridized carbons (Fsp3) is 0.611. The second-order valence-electron chi connectivity index (χ2n) is 5.43. The quantitative estimate of drug-likeness (QED) is 0.449. The molecule has 0 spiro atoms. The van der Waals surface area contributed by atoms with Crippen molar-refractivity contribution in [2.24, 2.45) is 0 Å². The van der Waals surface area contributed by atoms with Gasteiger partial charge in [0.1, 0.15) is 11.5 Å². The minimum atomic E-state index is 0.535. The van der Waals surface area contributed by atoms with E-state index in [2.05, 4.69) is 13.8 Å². The molecule has 0 aliphatic heterocycles. The van der Waals surface area contributed by atoms with Crippen LogP contribution in [0.2, 0.25) is 0 Å². The zero-order valence-corrected chi connectivity index (χ0v) is 13.7. The average Bonchev–Trinajstić information content (AvgIpc) is 2.48. The maximum Gasteiger partial charge on any atom is 0.123 e. The van der Waals surface area contributed by atoms with Crippen LogP contribution in [-0.2, 0) is 0 Å². The Morgan fingerprint density at radius 2 is 1.33 bits per heavy atom. The van der Waals surface area contributed by atoms with Crippen molar-refractivity contribution in [1.29, 1.82) is 5.41 Å². The molecule has 21 heavy (non-hydrogen) atoms. The topological polar surface area (TPSA) is 42.3 Å². The van der Waals surface area contributed by atoms with E-state index in [0.717, 1.165) is 43.1 Å². The van der Waals surface area contributed by atoms with Crippen molar-refractivity contribution in [3.63, 3.8) is 0 Å². The highest BCUT2D eigenvalue weighted by Gasteiger charge is 2.05. The molecular weight excluding hydrogens is 262 g/mol. The molecule has 0 saturated heterocycles. The van der Waals surface area contributed by atoms with Gasteiger partial charge in [0.25, 0.3) is 0 Å². The Balaban J connectivity index is 2.63. The second kappa shape index (κ2) is 10.3. The Kier molecular flexibility index (Phi) is 8.56. The van der Waals surface area contributed by atoms with Crippen LogP contribution >= 0.6 is 0 Å². The number of ether oxygens (including phenoxy) is 2. The van der Waals surface area contributed by atoms with Crippen molar-refractivity contribution in [2.75, 3.05) is 13.2 Å². The summed E-state index contributed by atoms with van der Waals surface area (Å²) in [7, 11) is 0. The zero-order chi connectivity index (χ0) is 15.5. The third kappa shape index (κ3) is 7.16. The molecule has 0 heterocycles. The van der Waals surface area contributed by atoms with E-state index < -0.39 is 0 Å². The van der Waals surface area contributed by atoms with E-state index >= 15 is 0 Å². The summed E-state index contributed by atoms with van der Waals surface area (Å²) in [6.07, 6.45) is 6.88. The summed E-state index contributed by atoms with van der Waals surface area (Å²) in [4.78, 5) is 0. The van der Waals surface area contributed by atoms with Crippen LogP contribution < -0.4 is 9.47 Å². The maximum atomic E-state index is 7.80. The SMILES string of the molecule is CCCCCOc1cc(OCCCCC)cc(C(C)=N)c1. The van der Waals surface area contributed by atoms with Crippen molar-refractivity contribution in [3.8, 4) is 11.5 Å². The molecule has 0 amide bonds. The smallest absolute Gasteiger partial charge is 0.123 e. The van der Waals surface area contributed by atoms with Crippen molar-refractivity contribution in [2.45, 2.75) is 59.3 Å². The fourth-order valence-electron chi connectivity index (χ4n) is 2.04. The molecule has 0 atom stereocenters. The molecule has 1 rings (SSSR count). The van der Waals surface area contributed by atoms with Gasteiger partial charge in [-0.3, -0.25) is 0 Å². The lowest BCUT2D eigenvalue weighted by Crippen LogP contribution is -2.02. The van der Waals surface area contributed by atoms with Gasteiger partial charge in [0.15, 0.2) is 0 Å². The van der Waals surface area contributed by atoms with E-state index in [9.17, 15) is 0 Å². The van der Waals surface area contributed by atoms with Gasteiger partial charge >= 0.3 is 0 Å². The normalized spacial score (nSPS) is 10.4. The van der Waals surface area contributed by atoms with E-state index in [1.165, 1.54) is 25.7 Å². The van der Waals surface area contributed by atoms with Gasteiger partial charge in [0.2, 0.25) is 0 Å². The first-order valence-electron chi connectivity index (χ1n) is 8.13. The van der Waals surface area contributed by atoms with Gasteiger partial charge in [0.05, 0.1) is 13.2 Å². The van der Waals surface area contributed by atoms with Gasteiger partial charge in [-0.2, -0.15) is 0 Å². The van der Waals surface area contributed by atoms with Gasteiger partial charge in [-0.05, 0) is 31.9 Å². The number of nitrogens with one attached hydrogen (secondary N) is 1. The lowest BCUT2D eigenvalue weighted by atomic mass is 10.1. The molecule has 1 aromatic rings. The Hall–Kier alpha value is -1.51. The van der Waals surface area contributed by atoms with Gasteiger partial charge in [0, 0.05) is 17.3 Å². The third-order valence-electron chi connectivity index (χ3n) is 3.35. The summed E-state index contributed by atoms with van der Waals surface area (Å²) in [5.74, 6) is 1.61. The standard InChI is InChI=1S/C18H29NO2/c1-4-6-8-10-20-17-12-16(15(3)19)13-18(14-17)21-11-9-7-5-2/h12-14,19H,4-11H2,1-3H3. The lowest BCUT2D eigenvalue weighted by Gasteiger charge is -2.12. The molecular formula is C18H29NO2. The molecule has 0 radical (unpaired) electrons. The summed E-state index contributed by atoms with van der Waals surface area (Å²) < 4.78 is 11.6. The van der Waals surface area contributed by atoms with Crippen LogP contribution in [0.4, 0.5) is 0 Å². The summed E-state index contributed by atoms with van der Waals surface area (Å²) in [6, 6.07) is 5.78. The van der Waals surface area contributed by atoms with Gasteiger partial charge in [-0.25, -0.2) is 0 Å². The first-order chi connectivity index (χ1) is 10.2. The predicted octanol–water partition coefficient (Wildman–Crippen LogP) is 5.21. The van der Waals surface area contributed by atoms with E-state index in [1.807, 2.05) is 18.2 Å².